The van der Waals surface area contributed by atoms with E-state index in [2.05, 4.69) is 41.0 Å². The van der Waals surface area contributed by atoms with E-state index in [-0.39, 0.29) is 6.04 Å². The van der Waals surface area contributed by atoms with Gasteiger partial charge in [-0.2, -0.15) is 10.3 Å². The van der Waals surface area contributed by atoms with Gasteiger partial charge in [0, 0.05) is 7.05 Å². The first-order valence-corrected chi connectivity index (χ1v) is 5.38. The maximum Gasteiger partial charge on any atom is 0.196 e. The normalized spacial score (nSPS) is 12.8. The van der Waals surface area contributed by atoms with Gasteiger partial charge in [-0.15, -0.1) is 10.2 Å². The van der Waals surface area contributed by atoms with Crippen molar-refractivity contribution in [1.82, 2.24) is 40.4 Å². The van der Waals surface area contributed by atoms with Crippen molar-refractivity contribution in [2.24, 2.45) is 7.05 Å². The number of tetrazole rings is 1. The van der Waals surface area contributed by atoms with Gasteiger partial charge in [-0.05, 0) is 6.92 Å². The maximum absolute atomic E-state index is 4.21. The van der Waals surface area contributed by atoms with Crippen LogP contribution in [0.1, 0.15) is 18.8 Å². The van der Waals surface area contributed by atoms with E-state index < -0.39 is 0 Å². The number of nitrogens with zero attached hydrogens (tertiary/aromatic N) is 7. The molecule has 0 fully saturated rings. The number of aromatic amines is 1. The minimum absolute atomic E-state index is 0.109. The third kappa shape index (κ3) is 1.65. The third-order valence-electron chi connectivity index (χ3n) is 2.63. The summed E-state index contributed by atoms with van der Waals surface area (Å²) in [7, 11) is 1.84. The fourth-order valence-electron chi connectivity index (χ4n) is 1.70. The minimum atomic E-state index is -0.109. The van der Waals surface area contributed by atoms with Gasteiger partial charge in [0.1, 0.15) is 12.1 Å². The van der Waals surface area contributed by atoms with Crippen LogP contribution in [-0.4, -0.2) is 40.4 Å². The number of nitrogens with one attached hydrogen (secondary N) is 2. The van der Waals surface area contributed by atoms with E-state index in [9.17, 15) is 0 Å². The SMILES string of the molecule is CC(Nc1ncnc2c1cnn2C)c1nn[nH]n1. The molecule has 0 aliphatic carbocycles. The molecule has 0 saturated heterocycles. The largest absolute Gasteiger partial charge is 0.359 e. The van der Waals surface area contributed by atoms with Gasteiger partial charge >= 0.3 is 0 Å². The average molecular weight is 245 g/mol. The summed E-state index contributed by atoms with van der Waals surface area (Å²) in [5.74, 6) is 1.27. The van der Waals surface area contributed by atoms with E-state index in [1.165, 1.54) is 6.33 Å². The zero-order valence-corrected chi connectivity index (χ0v) is 9.86. The topological polar surface area (TPSA) is 110 Å². The summed E-state index contributed by atoms with van der Waals surface area (Å²) in [6, 6.07) is -0.109. The van der Waals surface area contributed by atoms with Crippen LogP contribution in [0.2, 0.25) is 0 Å². The molecule has 1 atom stereocenters. The number of rotatable bonds is 3. The summed E-state index contributed by atoms with van der Waals surface area (Å²) in [6.07, 6.45) is 3.22. The number of aryl methyl sites for hydroxylation is 1. The van der Waals surface area contributed by atoms with Crippen LogP contribution in [0.3, 0.4) is 0 Å². The number of aromatic nitrogens is 8. The second-order valence-corrected chi connectivity index (χ2v) is 3.86. The Morgan fingerprint density at radius 3 is 3.06 bits per heavy atom. The van der Waals surface area contributed by atoms with E-state index in [0.29, 0.717) is 11.6 Å². The van der Waals surface area contributed by atoms with E-state index in [4.69, 9.17) is 0 Å². The molecule has 3 aromatic rings. The van der Waals surface area contributed by atoms with Gasteiger partial charge < -0.3 is 5.32 Å². The van der Waals surface area contributed by atoms with Crippen molar-refractivity contribution >= 4 is 16.9 Å². The number of hydrogen-bond acceptors (Lipinski definition) is 7. The molecule has 9 heteroatoms. The van der Waals surface area contributed by atoms with Gasteiger partial charge in [0.05, 0.1) is 17.6 Å². The number of H-pyrrole nitrogens is 1. The molecule has 2 N–H and O–H groups in total. The monoisotopic (exact) mass is 245 g/mol. The Morgan fingerprint density at radius 2 is 2.28 bits per heavy atom. The van der Waals surface area contributed by atoms with Crippen LogP contribution < -0.4 is 5.32 Å². The van der Waals surface area contributed by atoms with Gasteiger partial charge in [-0.25, -0.2) is 9.97 Å². The first-order valence-electron chi connectivity index (χ1n) is 5.38. The predicted octanol–water partition coefficient (Wildman–Crippen LogP) is 0.0495. The maximum atomic E-state index is 4.21. The molecule has 0 aromatic carbocycles. The van der Waals surface area contributed by atoms with Crippen LogP contribution in [0, 0.1) is 0 Å². The molecule has 0 spiro atoms. The number of hydrogen-bond donors (Lipinski definition) is 2. The Morgan fingerprint density at radius 1 is 1.39 bits per heavy atom. The highest BCUT2D eigenvalue weighted by Gasteiger charge is 2.14. The molecule has 0 bridgehead atoms. The number of anilines is 1. The van der Waals surface area contributed by atoms with Crippen molar-refractivity contribution in [3.05, 3.63) is 18.3 Å². The van der Waals surface area contributed by atoms with Crippen LogP contribution in [-0.2, 0) is 7.05 Å². The highest BCUT2D eigenvalue weighted by Crippen LogP contribution is 2.21. The molecule has 0 aliphatic heterocycles. The van der Waals surface area contributed by atoms with Crippen molar-refractivity contribution in [3.8, 4) is 0 Å². The first kappa shape index (κ1) is 10.6. The molecule has 92 valence electrons. The fraction of sp³-hybridized carbons (Fsp3) is 0.333. The lowest BCUT2D eigenvalue weighted by molar-refractivity contribution is 0.782. The lowest BCUT2D eigenvalue weighted by Crippen LogP contribution is -2.10. The van der Waals surface area contributed by atoms with E-state index in [1.54, 1.807) is 10.9 Å². The third-order valence-corrected chi connectivity index (χ3v) is 2.63. The van der Waals surface area contributed by atoms with E-state index in [0.717, 1.165) is 11.0 Å². The van der Waals surface area contributed by atoms with E-state index in [1.807, 2.05) is 14.0 Å². The standard InChI is InChI=1S/C9H11N9/c1-5(7-14-16-17-15-7)13-8-6-3-12-18(2)9(6)11-4-10-8/h3-5H,1-2H3,(H,10,11,13)(H,14,15,16,17). The second-order valence-electron chi connectivity index (χ2n) is 3.86. The van der Waals surface area contributed by atoms with Crippen LogP contribution in [0.15, 0.2) is 12.5 Å². The van der Waals surface area contributed by atoms with Crippen molar-refractivity contribution in [2.45, 2.75) is 13.0 Å². The van der Waals surface area contributed by atoms with Crippen LogP contribution >= 0.6 is 0 Å². The summed E-state index contributed by atoms with van der Waals surface area (Å²) >= 11 is 0. The molecule has 0 aliphatic rings. The summed E-state index contributed by atoms with van der Waals surface area (Å²) in [5, 5.41) is 22.0. The zero-order chi connectivity index (χ0) is 12.5. The average Bonchev–Trinajstić information content (AvgIpc) is 3.00. The van der Waals surface area contributed by atoms with Crippen molar-refractivity contribution in [3.63, 3.8) is 0 Å². The molecule has 0 radical (unpaired) electrons. The molecule has 3 rings (SSSR count). The number of fused-ring (bicyclic) bond motifs is 1. The zero-order valence-electron chi connectivity index (χ0n) is 9.86. The van der Waals surface area contributed by atoms with Gasteiger partial charge in [0.2, 0.25) is 0 Å². The highest BCUT2D eigenvalue weighted by atomic mass is 15.5. The Balaban J connectivity index is 1.95. The van der Waals surface area contributed by atoms with Gasteiger partial charge in [-0.3, -0.25) is 4.68 Å². The Kier molecular flexibility index (Phi) is 2.36. The molecule has 0 amide bonds. The summed E-state index contributed by atoms with van der Waals surface area (Å²) in [5.41, 5.74) is 0.771. The van der Waals surface area contributed by atoms with Crippen LogP contribution in [0.25, 0.3) is 11.0 Å². The van der Waals surface area contributed by atoms with E-state index >= 15 is 0 Å². The molecular weight excluding hydrogens is 234 g/mol. The summed E-state index contributed by atoms with van der Waals surface area (Å²) < 4.78 is 1.70. The van der Waals surface area contributed by atoms with Crippen LogP contribution in [0.4, 0.5) is 5.82 Å². The first-order chi connectivity index (χ1) is 8.75. The van der Waals surface area contributed by atoms with Crippen LogP contribution in [0.5, 0.6) is 0 Å². The summed E-state index contributed by atoms with van der Waals surface area (Å²) in [4.78, 5) is 8.38. The molecular formula is C9H11N9. The fourth-order valence-corrected chi connectivity index (χ4v) is 1.70. The molecule has 18 heavy (non-hydrogen) atoms. The summed E-state index contributed by atoms with van der Waals surface area (Å²) in [6.45, 7) is 1.93. The van der Waals surface area contributed by atoms with Crippen molar-refractivity contribution in [2.75, 3.05) is 5.32 Å². The minimum Gasteiger partial charge on any atom is -0.359 e. The van der Waals surface area contributed by atoms with Crippen molar-refractivity contribution in [1.29, 1.82) is 0 Å². The van der Waals surface area contributed by atoms with Gasteiger partial charge in [0.25, 0.3) is 0 Å². The Hall–Kier alpha value is -2.58. The van der Waals surface area contributed by atoms with Crippen molar-refractivity contribution < 1.29 is 0 Å². The molecule has 9 nitrogen and oxygen atoms in total. The Labute approximate surface area is 102 Å². The Bertz CT molecular complexity index is 656. The van der Waals surface area contributed by atoms with Gasteiger partial charge in [0.15, 0.2) is 11.5 Å². The predicted molar refractivity (Wildman–Crippen MR) is 62.5 cm³/mol. The molecule has 3 aromatic heterocycles. The lowest BCUT2D eigenvalue weighted by Gasteiger charge is -2.10. The second kappa shape index (κ2) is 4.02. The molecule has 3 heterocycles. The molecule has 1 unspecified atom stereocenters. The quantitative estimate of drug-likeness (QED) is 0.670. The highest BCUT2D eigenvalue weighted by molar-refractivity contribution is 5.86. The van der Waals surface area contributed by atoms with Gasteiger partial charge in [-0.1, -0.05) is 5.21 Å². The lowest BCUT2D eigenvalue weighted by atomic mass is 10.3. The smallest absolute Gasteiger partial charge is 0.196 e. The molecule has 0 saturated carbocycles.